The van der Waals surface area contributed by atoms with E-state index in [9.17, 15) is 22.8 Å². The van der Waals surface area contributed by atoms with Crippen molar-refractivity contribution >= 4 is 29.3 Å². The van der Waals surface area contributed by atoms with Crippen molar-refractivity contribution in [2.45, 2.75) is 11.9 Å². The fourth-order valence-corrected chi connectivity index (χ4v) is 1.89. The molecule has 0 bridgehead atoms. The molecule has 4 nitrogen and oxygen atoms in total. The summed E-state index contributed by atoms with van der Waals surface area (Å²) in [6.45, 7) is 0. The second-order valence-corrected chi connectivity index (χ2v) is 4.52. The Balaban J connectivity index is 2.62. The molecule has 0 aliphatic heterocycles. The van der Waals surface area contributed by atoms with Gasteiger partial charge in [-0.15, -0.1) is 11.8 Å². The van der Waals surface area contributed by atoms with Crippen LogP contribution in [0.3, 0.4) is 0 Å². The molecule has 0 radical (unpaired) electrons. The molecule has 0 aromatic heterocycles. The molecule has 1 rings (SSSR count). The Morgan fingerprint density at radius 1 is 1.32 bits per heavy atom. The molecule has 8 heteroatoms. The molecule has 104 valence electrons. The minimum absolute atomic E-state index is 0.0238. The summed E-state index contributed by atoms with van der Waals surface area (Å²) in [6, 6.07) is 5.83. The van der Waals surface area contributed by atoms with Gasteiger partial charge >= 0.3 is 18.1 Å². The van der Waals surface area contributed by atoms with Crippen LogP contribution in [0, 0.1) is 0 Å². The van der Waals surface area contributed by atoms with Gasteiger partial charge in [0.25, 0.3) is 0 Å². The number of benzene rings is 1. The Bertz CT molecular complexity index is 476. The topological polar surface area (TPSA) is 66.4 Å². The number of halogens is 3. The fourth-order valence-electron chi connectivity index (χ4n) is 1.20. The molecular formula is C11H10F3NO3S. The van der Waals surface area contributed by atoms with E-state index >= 15 is 0 Å². The highest BCUT2D eigenvalue weighted by Gasteiger charge is 2.38. The molecule has 1 aromatic carbocycles. The average Bonchev–Trinajstić information content (AvgIpc) is 2.27. The van der Waals surface area contributed by atoms with Crippen molar-refractivity contribution in [2.75, 3.05) is 11.1 Å². The van der Waals surface area contributed by atoms with Gasteiger partial charge in [-0.2, -0.15) is 13.2 Å². The highest BCUT2D eigenvalue weighted by Crippen LogP contribution is 2.20. The highest BCUT2D eigenvalue weighted by molar-refractivity contribution is 7.99. The molecular weight excluding hydrogens is 283 g/mol. The van der Waals surface area contributed by atoms with Crippen molar-refractivity contribution in [2.24, 2.45) is 0 Å². The van der Waals surface area contributed by atoms with Crippen LogP contribution in [0.5, 0.6) is 0 Å². The second-order valence-electron chi connectivity index (χ2n) is 3.54. The zero-order valence-corrected chi connectivity index (χ0v) is 10.3. The van der Waals surface area contributed by atoms with E-state index in [-0.39, 0.29) is 11.4 Å². The van der Waals surface area contributed by atoms with Crippen LogP contribution in [0.25, 0.3) is 0 Å². The third-order valence-electron chi connectivity index (χ3n) is 1.94. The summed E-state index contributed by atoms with van der Waals surface area (Å²) in [4.78, 5) is 21.0. The average molecular weight is 293 g/mol. The molecule has 1 aromatic rings. The van der Waals surface area contributed by atoms with Crippen LogP contribution in [0.1, 0.15) is 5.56 Å². The standard InChI is InChI=1S/C11H10F3NO3S/c12-11(13,14)10(18)15-8-3-1-2-7(4-8)5-19-6-9(16)17/h1-4H,5-6H2,(H,15,18)(H,16,17). The molecule has 0 spiro atoms. The number of carboxylic acids is 1. The second kappa shape index (κ2) is 6.46. The van der Waals surface area contributed by atoms with Crippen molar-refractivity contribution in [1.82, 2.24) is 0 Å². The first-order chi connectivity index (χ1) is 8.79. The number of thioether (sulfide) groups is 1. The van der Waals surface area contributed by atoms with Crippen LogP contribution in [0.15, 0.2) is 24.3 Å². The number of aliphatic carboxylic acids is 1. The molecule has 0 heterocycles. The van der Waals surface area contributed by atoms with E-state index < -0.39 is 18.1 Å². The predicted molar refractivity (Wildman–Crippen MR) is 64.9 cm³/mol. The number of hydrogen-bond acceptors (Lipinski definition) is 3. The lowest BCUT2D eigenvalue weighted by atomic mass is 10.2. The number of carboxylic acid groups (broad SMARTS) is 1. The van der Waals surface area contributed by atoms with Gasteiger partial charge in [0, 0.05) is 11.4 Å². The first-order valence-electron chi connectivity index (χ1n) is 5.05. The van der Waals surface area contributed by atoms with Crippen LogP contribution in [-0.2, 0) is 15.3 Å². The van der Waals surface area contributed by atoms with Crippen molar-refractivity contribution in [1.29, 1.82) is 0 Å². The van der Waals surface area contributed by atoms with Crippen LogP contribution in [0.4, 0.5) is 18.9 Å². The Morgan fingerprint density at radius 3 is 2.58 bits per heavy atom. The van der Waals surface area contributed by atoms with E-state index in [1.54, 1.807) is 11.4 Å². The number of rotatable bonds is 5. The lowest BCUT2D eigenvalue weighted by Crippen LogP contribution is -2.29. The van der Waals surface area contributed by atoms with Gasteiger partial charge in [0.15, 0.2) is 0 Å². The minimum atomic E-state index is -4.94. The molecule has 0 fully saturated rings. The first kappa shape index (κ1) is 15.4. The van der Waals surface area contributed by atoms with Crippen molar-refractivity contribution in [3.63, 3.8) is 0 Å². The van der Waals surface area contributed by atoms with Crippen LogP contribution < -0.4 is 5.32 Å². The van der Waals surface area contributed by atoms with Crippen molar-refractivity contribution < 1.29 is 27.9 Å². The Morgan fingerprint density at radius 2 is 2.00 bits per heavy atom. The molecule has 0 saturated heterocycles. The van der Waals surface area contributed by atoms with E-state index in [1.165, 1.54) is 18.2 Å². The van der Waals surface area contributed by atoms with E-state index in [0.29, 0.717) is 11.3 Å². The number of carbonyl (C=O) groups is 2. The van der Waals surface area contributed by atoms with Gasteiger partial charge in [0.05, 0.1) is 5.75 Å². The van der Waals surface area contributed by atoms with Gasteiger partial charge in [0.2, 0.25) is 0 Å². The molecule has 0 aliphatic rings. The van der Waals surface area contributed by atoms with Gasteiger partial charge in [0.1, 0.15) is 0 Å². The maximum absolute atomic E-state index is 12.0. The Kier molecular flexibility index (Phi) is 5.22. The van der Waals surface area contributed by atoms with Gasteiger partial charge in [-0.1, -0.05) is 12.1 Å². The molecule has 19 heavy (non-hydrogen) atoms. The molecule has 0 aliphatic carbocycles. The third kappa shape index (κ3) is 5.64. The zero-order chi connectivity index (χ0) is 14.5. The lowest BCUT2D eigenvalue weighted by Gasteiger charge is -2.09. The molecule has 2 N–H and O–H groups in total. The smallest absolute Gasteiger partial charge is 0.471 e. The van der Waals surface area contributed by atoms with Crippen molar-refractivity contribution in [3.8, 4) is 0 Å². The third-order valence-corrected chi connectivity index (χ3v) is 2.93. The number of hydrogen-bond donors (Lipinski definition) is 2. The normalized spacial score (nSPS) is 11.1. The number of alkyl halides is 3. The molecule has 0 saturated carbocycles. The fraction of sp³-hybridized carbons (Fsp3) is 0.273. The number of anilines is 1. The number of carbonyl (C=O) groups excluding carboxylic acids is 1. The van der Waals surface area contributed by atoms with E-state index in [4.69, 9.17) is 5.11 Å². The largest absolute Gasteiger partial charge is 0.481 e. The molecule has 0 unspecified atom stereocenters. The SMILES string of the molecule is O=C(O)CSCc1cccc(NC(=O)C(F)(F)F)c1. The maximum Gasteiger partial charge on any atom is 0.471 e. The summed E-state index contributed by atoms with van der Waals surface area (Å²) in [5.74, 6) is -2.77. The maximum atomic E-state index is 12.0. The van der Waals surface area contributed by atoms with Gasteiger partial charge < -0.3 is 10.4 Å². The molecule has 0 atom stereocenters. The van der Waals surface area contributed by atoms with Crippen molar-refractivity contribution in [3.05, 3.63) is 29.8 Å². The Labute approximate surface area is 111 Å². The van der Waals surface area contributed by atoms with Crippen LogP contribution in [0.2, 0.25) is 0 Å². The quantitative estimate of drug-likeness (QED) is 0.875. The predicted octanol–water partition coefficient (Wildman–Crippen LogP) is 2.51. The minimum Gasteiger partial charge on any atom is -0.481 e. The summed E-state index contributed by atoms with van der Waals surface area (Å²) in [7, 11) is 0. The first-order valence-corrected chi connectivity index (χ1v) is 6.21. The number of nitrogens with one attached hydrogen (secondary N) is 1. The van der Waals surface area contributed by atoms with Gasteiger partial charge in [-0.05, 0) is 17.7 Å². The molecule has 1 amide bonds. The highest BCUT2D eigenvalue weighted by atomic mass is 32.2. The zero-order valence-electron chi connectivity index (χ0n) is 9.53. The van der Waals surface area contributed by atoms with E-state index in [1.807, 2.05) is 0 Å². The summed E-state index contributed by atoms with van der Waals surface area (Å²) in [5.41, 5.74) is 0.655. The van der Waals surface area contributed by atoms with Gasteiger partial charge in [-0.25, -0.2) is 0 Å². The van der Waals surface area contributed by atoms with Crippen LogP contribution >= 0.6 is 11.8 Å². The summed E-state index contributed by atoms with van der Waals surface area (Å²) < 4.78 is 36.1. The lowest BCUT2D eigenvalue weighted by molar-refractivity contribution is -0.167. The van der Waals surface area contributed by atoms with Gasteiger partial charge in [-0.3, -0.25) is 9.59 Å². The van der Waals surface area contributed by atoms with E-state index in [2.05, 4.69) is 0 Å². The van der Waals surface area contributed by atoms with Crippen LogP contribution in [-0.4, -0.2) is 28.9 Å². The van der Waals surface area contributed by atoms with E-state index in [0.717, 1.165) is 11.8 Å². The Hall–Kier alpha value is -1.70. The number of amides is 1. The summed E-state index contributed by atoms with van der Waals surface area (Å²) in [5, 5.41) is 10.2. The monoisotopic (exact) mass is 293 g/mol. The summed E-state index contributed by atoms with van der Waals surface area (Å²) >= 11 is 1.11. The summed E-state index contributed by atoms with van der Waals surface area (Å²) in [6.07, 6.45) is -4.94.